The molecule has 2 fully saturated rings. The molecule has 0 spiro atoms. The highest BCUT2D eigenvalue weighted by Crippen LogP contribution is 2.41. The Balaban J connectivity index is 2.05. The lowest BCUT2D eigenvalue weighted by Gasteiger charge is -2.27. The minimum absolute atomic E-state index is 0.0362. The number of hydrogen-bond donors (Lipinski definition) is 0. The second-order valence-corrected chi connectivity index (χ2v) is 5.02. The van der Waals surface area contributed by atoms with E-state index in [0.29, 0.717) is 0 Å². The monoisotopic (exact) mass is 284 g/mol. The molecule has 0 bridgehead atoms. The van der Waals surface area contributed by atoms with Crippen molar-refractivity contribution in [3.05, 3.63) is 0 Å². The summed E-state index contributed by atoms with van der Waals surface area (Å²) >= 11 is 0. The topological polar surface area (TPSA) is 54.0 Å². The number of esters is 1. The van der Waals surface area contributed by atoms with Crippen molar-refractivity contribution in [1.82, 2.24) is 0 Å². The first-order chi connectivity index (χ1) is 8.58. The van der Waals surface area contributed by atoms with E-state index in [2.05, 4.69) is 4.74 Å². The van der Waals surface area contributed by atoms with Crippen LogP contribution in [0.1, 0.15) is 27.2 Å². The minimum Gasteiger partial charge on any atom is -0.450 e. The molecular formula is C11H15F3O5. The normalized spacial score (nSPS) is 34.9. The van der Waals surface area contributed by atoms with Gasteiger partial charge in [0.2, 0.25) is 6.10 Å². The molecule has 2 aliphatic rings. The van der Waals surface area contributed by atoms with E-state index in [0.717, 1.165) is 6.92 Å². The van der Waals surface area contributed by atoms with Crippen LogP contribution in [0.15, 0.2) is 0 Å². The summed E-state index contributed by atoms with van der Waals surface area (Å²) in [4.78, 5) is 10.8. The third-order valence-electron chi connectivity index (χ3n) is 2.87. The summed E-state index contributed by atoms with van der Waals surface area (Å²) < 4.78 is 58.7. The number of carbonyl (C=O) groups is 1. The summed E-state index contributed by atoms with van der Waals surface area (Å²) in [6.07, 6.45) is -9.78. The molecular weight excluding hydrogens is 269 g/mol. The van der Waals surface area contributed by atoms with Gasteiger partial charge in [0.05, 0.1) is 0 Å². The summed E-state index contributed by atoms with van der Waals surface area (Å²) in [6.45, 7) is 4.22. The van der Waals surface area contributed by atoms with E-state index < -0.39 is 42.5 Å². The van der Waals surface area contributed by atoms with Crippen LogP contribution < -0.4 is 0 Å². The van der Waals surface area contributed by atoms with Crippen LogP contribution in [0.25, 0.3) is 0 Å². The molecule has 2 heterocycles. The van der Waals surface area contributed by atoms with Gasteiger partial charge in [-0.15, -0.1) is 0 Å². The van der Waals surface area contributed by atoms with Crippen molar-refractivity contribution >= 4 is 5.97 Å². The summed E-state index contributed by atoms with van der Waals surface area (Å²) in [5.41, 5.74) is 0. The molecule has 0 amide bonds. The Bertz CT molecular complexity index is 352. The average molecular weight is 284 g/mol. The Kier molecular flexibility index (Phi) is 3.53. The standard InChI is InChI=1S/C11H15F3O5/c1-5(15)16-8(11(12,13)14)6-4-7-9(17-6)19-10(2,3)18-7/h6-9H,4H2,1-3H3/t6-,7+,8?,9+/m0/s1. The van der Waals surface area contributed by atoms with E-state index in [-0.39, 0.29) is 6.42 Å². The molecule has 19 heavy (non-hydrogen) atoms. The summed E-state index contributed by atoms with van der Waals surface area (Å²) in [5.74, 6) is -1.89. The zero-order chi connectivity index (χ0) is 14.4. The number of alkyl halides is 3. The van der Waals surface area contributed by atoms with E-state index >= 15 is 0 Å². The third-order valence-corrected chi connectivity index (χ3v) is 2.87. The lowest BCUT2D eigenvalue weighted by Crippen LogP contribution is -2.44. The minimum atomic E-state index is -4.69. The summed E-state index contributed by atoms with van der Waals surface area (Å²) in [5, 5.41) is 0. The van der Waals surface area contributed by atoms with Crippen molar-refractivity contribution in [1.29, 1.82) is 0 Å². The van der Waals surface area contributed by atoms with E-state index in [9.17, 15) is 18.0 Å². The van der Waals surface area contributed by atoms with Gasteiger partial charge in [-0.3, -0.25) is 4.79 Å². The van der Waals surface area contributed by atoms with Gasteiger partial charge < -0.3 is 18.9 Å². The Labute approximate surface area is 107 Å². The zero-order valence-corrected chi connectivity index (χ0v) is 10.7. The maximum Gasteiger partial charge on any atom is 0.428 e. The third kappa shape index (κ3) is 3.18. The number of rotatable bonds is 2. The summed E-state index contributed by atoms with van der Waals surface area (Å²) in [6, 6.07) is 0. The van der Waals surface area contributed by atoms with Gasteiger partial charge in [0.1, 0.15) is 12.2 Å². The molecule has 0 aromatic heterocycles. The van der Waals surface area contributed by atoms with Gasteiger partial charge in [-0.2, -0.15) is 13.2 Å². The molecule has 1 unspecified atom stereocenters. The van der Waals surface area contributed by atoms with Gasteiger partial charge in [0.25, 0.3) is 0 Å². The van der Waals surface area contributed by atoms with Gasteiger partial charge in [-0.1, -0.05) is 0 Å². The molecule has 110 valence electrons. The molecule has 8 heteroatoms. The van der Waals surface area contributed by atoms with E-state index in [1.54, 1.807) is 13.8 Å². The molecule has 0 saturated carbocycles. The summed E-state index contributed by atoms with van der Waals surface area (Å²) in [7, 11) is 0. The van der Waals surface area contributed by atoms with Crippen molar-refractivity contribution in [3.8, 4) is 0 Å². The van der Waals surface area contributed by atoms with Crippen molar-refractivity contribution in [2.45, 2.75) is 63.8 Å². The molecule has 0 N–H and O–H groups in total. The van der Waals surface area contributed by atoms with Crippen molar-refractivity contribution < 1.29 is 36.9 Å². The highest BCUT2D eigenvalue weighted by Gasteiger charge is 2.57. The number of fused-ring (bicyclic) bond motifs is 1. The second-order valence-electron chi connectivity index (χ2n) is 5.02. The predicted octanol–water partition coefficient (Wildman–Crippen LogP) is 1.75. The van der Waals surface area contributed by atoms with E-state index in [4.69, 9.17) is 14.2 Å². The lowest BCUT2D eigenvalue weighted by molar-refractivity contribution is -0.267. The van der Waals surface area contributed by atoms with Crippen LogP contribution in [0, 0.1) is 0 Å². The molecule has 4 atom stereocenters. The number of carbonyl (C=O) groups excluding carboxylic acids is 1. The highest BCUT2D eigenvalue weighted by atomic mass is 19.4. The average Bonchev–Trinajstić information content (AvgIpc) is 2.64. The first-order valence-corrected chi connectivity index (χ1v) is 5.83. The molecule has 5 nitrogen and oxygen atoms in total. The van der Waals surface area contributed by atoms with Gasteiger partial charge in [-0.25, -0.2) is 0 Å². The SMILES string of the molecule is CC(=O)OC([C@@H]1C[C@H]2OC(C)(C)O[C@H]2O1)C(F)(F)F. The van der Waals surface area contributed by atoms with Crippen LogP contribution in [0.5, 0.6) is 0 Å². The fourth-order valence-corrected chi connectivity index (χ4v) is 2.26. The van der Waals surface area contributed by atoms with Crippen LogP contribution in [0.3, 0.4) is 0 Å². The van der Waals surface area contributed by atoms with Crippen molar-refractivity contribution in [2.24, 2.45) is 0 Å². The first-order valence-electron chi connectivity index (χ1n) is 5.83. The number of halogens is 3. The van der Waals surface area contributed by atoms with Crippen molar-refractivity contribution in [3.63, 3.8) is 0 Å². The molecule has 0 aromatic carbocycles. The molecule has 0 radical (unpaired) electrons. The maximum atomic E-state index is 12.8. The maximum absolute atomic E-state index is 12.8. The first kappa shape index (κ1) is 14.5. The van der Waals surface area contributed by atoms with Crippen molar-refractivity contribution in [2.75, 3.05) is 0 Å². The number of hydrogen-bond acceptors (Lipinski definition) is 5. The predicted molar refractivity (Wildman–Crippen MR) is 54.9 cm³/mol. The van der Waals surface area contributed by atoms with Gasteiger partial charge >= 0.3 is 12.1 Å². The molecule has 2 saturated heterocycles. The van der Waals surface area contributed by atoms with Gasteiger partial charge in [-0.05, 0) is 13.8 Å². The Morgan fingerprint density at radius 2 is 2.00 bits per heavy atom. The largest absolute Gasteiger partial charge is 0.450 e. The van der Waals surface area contributed by atoms with Crippen LogP contribution in [-0.2, 0) is 23.7 Å². The quantitative estimate of drug-likeness (QED) is 0.723. The highest BCUT2D eigenvalue weighted by molar-refractivity contribution is 5.66. The van der Waals surface area contributed by atoms with Crippen LogP contribution in [0.4, 0.5) is 13.2 Å². The van der Waals surface area contributed by atoms with Gasteiger partial charge in [0, 0.05) is 13.3 Å². The Morgan fingerprint density at radius 3 is 2.47 bits per heavy atom. The Morgan fingerprint density at radius 1 is 1.37 bits per heavy atom. The molecule has 0 aliphatic carbocycles. The van der Waals surface area contributed by atoms with Crippen LogP contribution >= 0.6 is 0 Å². The fourth-order valence-electron chi connectivity index (χ4n) is 2.26. The second kappa shape index (κ2) is 4.60. The fraction of sp³-hybridized carbons (Fsp3) is 0.909. The van der Waals surface area contributed by atoms with E-state index in [1.165, 1.54) is 0 Å². The van der Waals surface area contributed by atoms with Crippen LogP contribution in [0.2, 0.25) is 0 Å². The Hall–Kier alpha value is -0.860. The van der Waals surface area contributed by atoms with Crippen LogP contribution in [-0.4, -0.2) is 42.5 Å². The molecule has 2 aliphatic heterocycles. The van der Waals surface area contributed by atoms with E-state index in [1.807, 2.05) is 0 Å². The number of ether oxygens (including phenoxy) is 4. The lowest BCUT2D eigenvalue weighted by atomic mass is 10.1. The molecule has 0 aromatic rings. The zero-order valence-electron chi connectivity index (χ0n) is 10.7. The smallest absolute Gasteiger partial charge is 0.428 e. The molecule has 2 rings (SSSR count). The van der Waals surface area contributed by atoms with Gasteiger partial charge in [0.15, 0.2) is 12.1 Å².